The number of hydrogen-bond donors (Lipinski definition) is 1. The number of thiophene rings is 1. The van der Waals surface area contributed by atoms with Crippen molar-refractivity contribution in [2.45, 2.75) is 39.7 Å². The molecule has 1 amide bonds. The normalized spacial score (nSPS) is 15.8. The second kappa shape index (κ2) is 7.04. The van der Waals surface area contributed by atoms with Crippen molar-refractivity contribution in [3.63, 3.8) is 0 Å². The van der Waals surface area contributed by atoms with Crippen LogP contribution in [0.5, 0.6) is 0 Å². The molecule has 2 heterocycles. The zero-order chi connectivity index (χ0) is 15.4. The largest absolute Gasteiger partial charge is 0.464 e. The van der Waals surface area contributed by atoms with Gasteiger partial charge >= 0.3 is 5.97 Å². The maximum atomic E-state index is 12.5. The highest BCUT2D eigenvalue weighted by molar-refractivity contribution is 7.12. The minimum atomic E-state index is -0.644. The summed E-state index contributed by atoms with van der Waals surface area (Å²) in [5.74, 6) is -0.611. The molecule has 1 N–H and O–H groups in total. The number of carbonyl (C=O) groups is 2. The van der Waals surface area contributed by atoms with Crippen molar-refractivity contribution in [3.8, 4) is 0 Å². The fourth-order valence-electron chi connectivity index (χ4n) is 2.45. The van der Waals surface area contributed by atoms with Crippen LogP contribution < -0.4 is 5.32 Å². The fraction of sp³-hybridized carbons (Fsp3) is 0.600. The molecule has 1 aromatic heterocycles. The number of aryl methyl sites for hydroxylation is 1. The van der Waals surface area contributed by atoms with E-state index in [1.54, 1.807) is 25.2 Å². The number of esters is 1. The minimum Gasteiger partial charge on any atom is -0.464 e. The Balaban J connectivity index is 2.16. The van der Waals surface area contributed by atoms with E-state index in [1.807, 2.05) is 6.92 Å². The van der Waals surface area contributed by atoms with Crippen LogP contribution in [0.1, 0.15) is 39.5 Å². The summed E-state index contributed by atoms with van der Waals surface area (Å²) in [6, 6.07) is -0.644. The van der Waals surface area contributed by atoms with Gasteiger partial charge < -0.3 is 14.8 Å². The van der Waals surface area contributed by atoms with Gasteiger partial charge in [0.2, 0.25) is 0 Å². The van der Waals surface area contributed by atoms with Gasteiger partial charge in [-0.05, 0) is 32.8 Å². The molecule has 1 aliphatic heterocycles. The van der Waals surface area contributed by atoms with Gasteiger partial charge in [0.05, 0.1) is 25.4 Å². The molecule has 0 bridgehead atoms. The Kier molecular flexibility index (Phi) is 5.36. The Morgan fingerprint density at radius 1 is 1.38 bits per heavy atom. The zero-order valence-corrected chi connectivity index (χ0v) is 13.5. The minimum absolute atomic E-state index is 0.201. The molecule has 0 saturated carbocycles. The maximum absolute atomic E-state index is 12.5. The van der Waals surface area contributed by atoms with Crippen molar-refractivity contribution in [3.05, 3.63) is 20.9 Å². The van der Waals surface area contributed by atoms with Crippen molar-refractivity contribution in [2.75, 3.05) is 19.8 Å². The maximum Gasteiger partial charge on any atom is 0.328 e. The number of carbonyl (C=O) groups excluding carboxylic acids is 2. The quantitative estimate of drug-likeness (QED) is 0.862. The lowest BCUT2D eigenvalue weighted by Gasteiger charge is -2.13. The molecule has 0 aliphatic carbocycles. The van der Waals surface area contributed by atoms with Crippen LogP contribution in [0.3, 0.4) is 0 Å². The lowest BCUT2D eigenvalue weighted by atomic mass is 10.0. The Morgan fingerprint density at radius 2 is 2.10 bits per heavy atom. The molecule has 1 aliphatic rings. The highest BCUT2D eigenvalue weighted by Crippen LogP contribution is 2.30. The second-order valence-electron chi connectivity index (χ2n) is 4.99. The summed E-state index contributed by atoms with van der Waals surface area (Å²) < 4.78 is 10.4. The summed E-state index contributed by atoms with van der Waals surface area (Å²) >= 11 is 1.65. The van der Waals surface area contributed by atoms with E-state index in [1.165, 1.54) is 4.88 Å². The Bertz CT molecular complexity index is 538. The van der Waals surface area contributed by atoms with Crippen LogP contribution in [0.2, 0.25) is 0 Å². The first-order chi connectivity index (χ1) is 10.0. The second-order valence-corrected chi connectivity index (χ2v) is 6.30. The number of hydrogen-bond acceptors (Lipinski definition) is 5. The SMILES string of the molecule is CCOC(=O)C(C)NC(=O)c1c(C)sc2c1CCOCC2. The summed E-state index contributed by atoms with van der Waals surface area (Å²) in [4.78, 5) is 26.3. The molecule has 116 valence electrons. The number of amides is 1. The van der Waals surface area contributed by atoms with Gasteiger partial charge in [-0.25, -0.2) is 4.79 Å². The first-order valence-electron chi connectivity index (χ1n) is 7.21. The summed E-state index contributed by atoms with van der Waals surface area (Å²) in [5.41, 5.74) is 1.78. The summed E-state index contributed by atoms with van der Waals surface area (Å²) in [6.45, 7) is 6.98. The first-order valence-corrected chi connectivity index (χ1v) is 8.02. The smallest absolute Gasteiger partial charge is 0.328 e. The van der Waals surface area contributed by atoms with Gasteiger partial charge in [0.15, 0.2) is 0 Å². The molecule has 5 nitrogen and oxygen atoms in total. The lowest BCUT2D eigenvalue weighted by molar-refractivity contribution is -0.144. The predicted molar refractivity (Wildman–Crippen MR) is 80.8 cm³/mol. The van der Waals surface area contributed by atoms with Gasteiger partial charge in [-0.2, -0.15) is 0 Å². The molecular weight excluding hydrogens is 290 g/mol. The fourth-order valence-corrected chi connectivity index (χ4v) is 3.65. The van der Waals surface area contributed by atoms with E-state index in [9.17, 15) is 9.59 Å². The highest BCUT2D eigenvalue weighted by Gasteiger charge is 2.25. The third-order valence-corrected chi connectivity index (χ3v) is 4.66. The standard InChI is InChI=1S/C15H21NO4S/c1-4-20-15(18)9(2)16-14(17)13-10(3)21-12-6-8-19-7-5-11(12)13/h9H,4-8H2,1-3H3,(H,16,17). The van der Waals surface area contributed by atoms with Crippen LogP contribution in [-0.4, -0.2) is 37.7 Å². The van der Waals surface area contributed by atoms with Gasteiger partial charge in [-0.1, -0.05) is 0 Å². The molecule has 1 atom stereocenters. The van der Waals surface area contributed by atoms with E-state index in [0.717, 1.165) is 23.3 Å². The third kappa shape index (κ3) is 3.63. The summed E-state index contributed by atoms with van der Waals surface area (Å²) in [7, 11) is 0. The number of fused-ring (bicyclic) bond motifs is 1. The molecule has 6 heteroatoms. The van der Waals surface area contributed by atoms with E-state index >= 15 is 0 Å². The van der Waals surface area contributed by atoms with Crippen LogP contribution in [0.4, 0.5) is 0 Å². The number of nitrogens with one attached hydrogen (secondary N) is 1. The van der Waals surface area contributed by atoms with Crippen molar-refractivity contribution in [1.82, 2.24) is 5.32 Å². The van der Waals surface area contributed by atoms with Crippen LogP contribution in [0.15, 0.2) is 0 Å². The van der Waals surface area contributed by atoms with Crippen LogP contribution in [0.25, 0.3) is 0 Å². The Labute approximate surface area is 128 Å². The molecule has 0 radical (unpaired) electrons. The van der Waals surface area contributed by atoms with E-state index in [-0.39, 0.29) is 5.91 Å². The monoisotopic (exact) mass is 311 g/mol. The van der Waals surface area contributed by atoms with Gasteiger partial charge in [0.25, 0.3) is 5.91 Å². The average Bonchev–Trinajstić information content (AvgIpc) is 2.59. The molecule has 21 heavy (non-hydrogen) atoms. The predicted octanol–water partition coefficient (Wildman–Crippen LogP) is 1.85. The molecule has 1 unspecified atom stereocenters. The zero-order valence-electron chi connectivity index (χ0n) is 12.7. The van der Waals surface area contributed by atoms with E-state index in [4.69, 9.17) is 9.47 Å². The highest BCUT2D eigenvalue weighted by atomic mass is 32.1. The van der Waals surface area contributed by atoms with Crippen molar-refractivity contribution >= 4 is 23.2 Å². The molecular formula is C15H21NO4S. The molecule has 0 spiro atoms. The van der Waals surface area contributed by atoms with Gasteiger partial charge in [0.1, 0.15) is 6.04 Å². The first kappa shape index (κ1) is 16.0. The Morgan fingerprint density at radius 3 is 2.81 bits per heavy atom. The molecule has 0 fully saturated rings. The average molecular weight is 311 g/mol. The van der Waals surface area contributed by atoms with Gasteiger partial charge in [0, 0.05) is 16.2 Å². The Hall–Kier alpha value is -1.40. The molecule has 0 aromatic carbocycles. The van der Waals surface area contributed by atoms with Crippen LogP contribution in [-0.2, 0) is 27.1 Å². The number of ether oxygens (including phenoxy) is 2. The number of rotatable bonds is 4. The van der Waals surface area contributed by atoms with E-state index < -0.39 is 12.0 Å². The van der Waals surface area contributed by atoms with E-state index in [2.05, 4.69) is 5.32 Å². The van der Waals surface area contributed by atoms with Crippen molar-refractivity contribution < 1.29 is 19.1 Å². The van der Waals surface area contributed by atoms with Crippen molar-refractivity contribution in [1.29, 1.82) is 0 Å². The van der Waals surface area contributed by atoms with E-state index in [0.29, 0.717) is 25.4 Å². The molecule has 2 rings (SSSR count). The molecule has 0 saturated heterocycles. The van der Waals surface area contributed by atoms with Crippen LogP contribution >= 0.6 is 11.3 Å². The van der Waals surface area contributed by atoms with Crippen molar-refractivity contribution in [2.24, 2.45) is 0 Å². The van der Waals surface area contributed by atoms with Gasteiger partial charge in [-0.3, -0.25) is 4.79 Å². The summed E-state index contributed by atoms with van der Waals surface area (Å²) in [6.07, 6.45) is 1.60. The summed E-state index contributed by atoms with van der Waals surface area (Å²) in [5, 5.41) is 2.73. The van der Waals surface area contributed by atoms with Crippen LogP contribution in [0, 0.1) is 6.92 Å². The van der Waals surface area contributed by atoms with Gasteiger partial charge in [-0.15, -0.1) is 11.3 Å². The molecule has 1 aromatic rings. The lowest BCUT2D eigenvalue weighted by Crippen LogP contribution is -2.40. The third-order valence-electron chi connectivity index (χ3n) is 3.45. The topological polar surface area (TPSA) is 64.6 Å².